The summed E-state index contributed by atoms with van der Waals surface area (Å²) in [6.45, 7) is 3.17. The molecule has 3 heteroatoms. The van der Waals surface area contributed by atoms with Gasteiger partial charge in [-0.2, -0.15) is 8.78 Å². The molecule has 0 atom stereocenters. The van der Waals surface area contributed by atoms with E-state index in [4.69, 9.17) is 0 Å². The van der Waals surface area contributed by atoms with Crippen LogP contribution in [0.2, 0.25) is 0 Å². The van der Waals surface area contributed by atoms with Gasteiger partial charge in [0, 0.05) is 0 Å². The van der Waals surface area contributed by atoms with Crippen LogP contribution in [0.1, 0.15) is 6.42 Å². The average molecular weight is 133 g/mol. The zero-order valence-electron chi connectivity index (χ0n) is 3.25. The van der Waals surface area contributed by atoms with Crippen molar-refractivity contribution in [3.8, 4) is 0 Å². The maximum absolute atomic E-state index is 10.9. The quantitative estimate of drug-likeness (QED) is 0.469. The van der Waals surface area contributed by atoms with E-state index >= 15 is 0 Å². The molecule has 0 spiro atoms. The second kappa shape index (κ2) is 6.86. The van der Waals surface area contributed by atoms with E-state index in [0.717, 1.165) is 6.08 Å². The molecule has 0 rings (SSSR count). The molecular formula is C4H7CaF2. The van der Waals surface area contributed by atoms with Crippen molar-refractivity contribution in [2.45, 2.75) is 6.42 Å². The molecule has 0 saturated carbocycles. The molecule has 0 aliphatic rings. The molecule has 0 aliphatic carbocycles. The first-order valence-electron chi connectivity index (χ1n) is 1.57. The summed E-state index contributed by atoms with van der Waals surface area (Å²) in [5, 5.41) is 0. The first-order chi connectivity index (χ1) is 2.77. The van der Waals surface area contributed by atoms with Gasteiger partial charge in [-0.3, -0.25) is 0 Å². The Morgan fingerprint density at radius 1 is 1.57 bits per heavy atom. The van der Waals surface area contributed by atoms with Gasteiger partial charge in [-0.1, -0.05) is 0 Å². The van der Waals surface area contributed by atoms with Gasteiger partial charge in [0.15, 0.2) is 0 Å². The van der Waals surface area contributed by atoms with Gasteiger partial charge in [0.05, 0.1) is 0 Å². The Kier molecular flexibility index (Phi) is 10.6. The predicted octanol–water partition coefficient (Wildman–Crippen LogP) is 1.07. The molecule has 0 unspecified atom stereocenters. The number of hydrogen-bond acceptors (Lipinski definition) is 0. The maximum atomic E-state index is 10.9. The van der Waals surface area contributed by atoms with E-state index in [1.165, 1.54) is 0 Å². The Bertz CT molecular complexity index is 56.7. The zero-order chi connectivity index (χ0) is 4.99. The second-order valence-electron chi connectivity index (χ2n) is 0.782. The summed E-state index contributed by atoms with van der Waals surface area (Å²) in [5.41, 5.74) is 0. The number of allylic oxidation sites excluding steroid dienone is 1. The van der Waals surface area contributed by atoms with Gasteiger partial charge in [0.1, 0.15) is 0 Å². The Morgan fingerprint density at radius 3 is 2.00 bits per heavy atom. The Labute approximate surface area is 71.6 Å². The van der Waals surface area contributed by atoms with Crippen molar-refractivity contribution in [1.82, 2.24) is 0 Å². The monoisotopic (exact) mass is 133 g/mol. The fraction of sp³-hybridized carbons (Fsp3) is 0.250. The molecular weight excluding hydrogens is 126 g/mol. The minimum absolute atomic E-state index is 0. The third-order valence-corrected chi connectivity index (χ3v) is 0.299. The van der Waals surface area contributed by atoms with Crippen LogP contribution in [0.4, 0.5) is 8.78 Å². The van der Waals surface area contributed by atoms with E-state index in [2.05, 4.69) is 6.92 Å². The van der Waals surface area contributed by atoms with E-state index in [1.807, 2.05) is 0 Å². The minimum atomic E-state index is -1.65. The predicted molar refractivity (Wildman–Crippen MR) is 28.8 cm³/mol. The van der Waals surface area contributed by atoms with E-state index in [9.17, 15) is 8.78 Å². The molecule has 0 aromatic rings. The van der Waals surface area contributed by atoms with E-state index in [1.54, 1.807) is 0 Å². The van der Waals surface area contributed by atoms with Crippen molar-refractivity contribution in [2.75, 3.05) is 0 Å². The van der Waals surface area contributed by atoms with E-state index in [0.29, 0.717) is 0 Å². The topological polar surface area (TPSA) is 0 Å². The average Bonchev–Trinajstić information content (AvgIpc) is 1.35. The van der Waals surface area contributed by atoms with E-state index < -0.39 is 6.08 Å². The molecule has 0 N–H and O–H groups in total. The van der Waals surface area contributed by atoms with Crippen LogP contribution in [0.15, 0.2) is 12.2 Å². The number of halogens is 2. The molecule has 0 heterocycles. The van der Waals surface area contributed by atoms with Gasteiger partial charge in [-0.05, 0) is 19.4 Å². The van der Waals surface area contributed by atoms with Crippen molar-refractivity contribution in [2.24, 2.45) is 0 Å². The molecule has 39 valence electrons. The Hall–Kier alpha value is 0.860. The summed E-state index contributed by atoms with van der Waals surface area (Å²) in [5.74, 6) is 0. The number of hydrogen-bond donors (Lipinski definition) is 0. The summed E-state index contributed by atoms with van der Waals surface area (Å²) in [4.78, 5) is 0. The summed E-state index contributed by atoms with van der Waals surface area (Å²) < 4.78 is 21.7. The molecule has 0 aromatic heterocycles. The van der Waals surface area contributed by atoms with Gasteiger partial charge in [-0.15, -0.1) is 0 Å². The zero-order valence-corrected chi connectivity index (χ0v) is 3.25. The molecule has 1 radical (unpaired) electrons. The summed E-state index contributed by atoms with van der Waals surface area (Å²) in [6.07, 6.45) is -0.715. The fourth-order valence-corrected chi connectivity index (χ4v) is 0.109. The molecule has 0 fully saturated rings. The second-order valence-corrected chi connectivity index (χ2v) is 0.782. The Balaban J connectivity index is 0. The van der Waals surface area contributed by atoms with Crippen LogP contribution in [0.5, 0.6) is 0 Å². The molecule has 0 aliphatic heterocycles. The van der Waals surface area contributed by atoms with Crippen molar-refractivity contribution in [3.63, 3.8) is 0 Å². The van der Waals surface area contributed by atoms with Crippen molar-refractivity contribution in [1.29, 1.82) is 0 Å². The fourth-order valence-electron chi connectivity index (χ4n) is 0.109. The third kappa shape index (κ3) is 10.9. The van der Waals surface area contributed by atoms with Crippen LogP contribution >= 0.6 is 0 Å². The molecule has 7 heavy (non-hydrogen) atoms. The van der Waals surface area contributed by atoms with Crippen LogP contribution in [0.25, 0.3) is 0 Å². The van der Waals surface area contributed by atoms with Gasteiger partial charge >= 0.3 is 37.7 Å². The molecule has 0 nitrogen and oxygen atoms in total. The van der Waals surface area contributed by atoms with Crippen LogP contribution in [0, 0.1) is 6.92 Å². The van der Waals surface area contributed by atoms with Crippen molar-refractivity contribution < 1.29 is 8.78 Å². The summed E-state index contributed by atoms with van der Waals surface area (Å²) in [6, 6.07) is 0. The SMILES string of the molecule is [CH2]CC=C(F)F.[CaH2]. The summed E-state index contributed by atoms with van der Waals surface area (Å²) >= 11 is 0. The third-order valence-electron chi connectivity index (χ3n) is 0.299. The van der Waals surface area contributed by atoms with E-state index in [-0.39, 0.29) is 44.2 Å². The first-order valence-corrected chi connectivity index (χ1v) is 1.57. The van der Waals surface area contributed by atoms with Gasteiger partial charge in [0.2, 0.25) is 0 Å². The molecule has 0 aromatic carbocycles. The van der Waals surface area contributed by atoms with Crippen LogP contribution in [-0.4, -0.2) is 37.7 Å². The van der Waals surface area contributed by atoms with Crippen LogP contribution < -0.4 is 0 Å². The van der Waals surface area contributed by atoms with Gasteiger partial charge < -0.3 is 0 Å². The van der Waals surface area contributed by atoms with Crippen molar-refractivity contribution in [3.05, 3.63) is 19.1 Å². The van der Waals surface area contributed by atoms with Gasteiger partial charge in [-0.25, -0.2) is 0 Å². The standard InChI is InChI=1S/C4H5F2.Ca.2H/c1-2-3-4(5)6;;;/h3H,1-2H2;;;. The van der Waals surface area contributed by atoms with Crippen LogP contribution in [0.3, 0.4) is 0 Å². The normalized spacial score (nSPS) is 6.71. The summed E-state index contributed by atoms with van der Waals surface area (Å²) in [7, 11) is 0. The first kappa shape index (κ1) is 10.8. The van der Waals surface area contributed by atoms with Gasteiger partial charge in [0.25, 0.3) is 6.08 Å². The molecule has 0 amide bonds. The molecule has 0 bridgehead atoms. The van der Waals surface area contributed by atoms with Crippen LogP contribution in [-0.2, 0) is 0 Å². The van der Waals surface area contributed by atoms with Crippen molar-refractivity contribution >= 4 is 37.7 Å². The number of rotatable bonds is 1. The molecule has 0 saturated heterocycles. The Morgan fingerprint density at radius 2 is 2.00 bits per heavy atom.